The number of aromatic nitrogens is 2. The molecule has 0 fully saturated rings. The van der Waals surface area contributed by atoms with E-state index in [2.05, 4.69) is 9.97 Å². The van der Waals surface area contributed by atoms with Crippen LogP contribution in [0, 0.1) is 10.1 Å². The highest BCUT2D eigenvalue weighted by Gasteiger charge is 2.11. The fourth-order valence-corrected chi connectivity index (χ4v) is 1.29. The minimum Gasteiger partial charge on any atom is -0.383 e. The summed E-state index contributed by atoms with van der Waals surface area (Å²) in [4.78, 5) is 18.2. The molecule has 0 amide bonds. The zero-order chi connectivity index (χ0) is 11.5. The molecule has 0 aromatic carbocycles. The second-order valence-corrected chi connectivity index (χ2v) is 3.11. The van der Waals surface area contributed by atoms with Gasteiger partial charge in [0.1, 0.15) is 5.82 Å². The number of hydrogen-bond donors (Lipinski definition) is 1. The molecule has 0 unspecified atom stereocenters. The zero-order valence-corrected chi connectivity index (χ0v) is 8.20. The van der Waals surface area contributed by atoms with Gasteiger partial charge in [-0.05, 0) is 12.1 Å². The van der Waals surface area contributed by atoms with Crippen molar-refractivity contribution in [2.24, 2.45) is 0 Å². The predicted molar refractivity (Wildman–Crippen MR) is 58.5 cm³/mol. The van der Waals surface area contributed by atoms with Gasteiger partial charge in [0.2, 0.25) is 0 Å². The highest BCUT2D eigenvalue weighted by atomic mass is 16.6. The quantitative estimate of drug-likeness (QED) is 0.608. The summed E-state index contributed by atoms with van der Waals surface area (Å²) in [6.07, 6.45) is 1.59. The van der Waals surface area contributed by atoms with Crippen LogP contribution in [0.4, 0.5) is 11.5 Å². The van der Waals surface area contributed by atoms with Crippen LogP contribution in [0.1, 0.15) is 0 Å². The maximum absolute atomic E-state index is 10.6. The summed E-state index contributed by atoms with van der Waals surface area (Å²) in [6, 6.07) is 7.81. The van der Waals surface area contributed by atoms with Crippen LogP contribution in [0.15, 0.2) is 36.5 Å². The molecule has 6 heteroatoms. The molecular formula is C10H8N4O2. The Morgan fingerprint density at radius 2 is 2.06 bits per heavy atom. The Labute approximate surface area is 90.9 Å². The van der Waals surface area contributed by atoms with E-state index in [9.17, 15) is 10.1 Å². The fourth-order valence-electron chi connectivity index (χ4n) is 1.29. The third-order valence-electron chi connectivity index (χ3n) is 1.97. The molecule has 0 saturated carbocycles. The second kappa shape index (κ2) is 3.93. The second-order valence-electron chi connectivity index (χ2n) is 3.11. The standard InChI is InChI=1S/C10H8N4O2/c11-10-6-7(14(15)16)5-9(13-10)8-3-1-2-4-12-8/h1-6H,(H2,11,13). The third-order valence-corrected chi connectivity index (χ3v) is 1.97. The van der Waals surface area contributed by atoms with E-state index in [-0.39, 0.29) is 11.5 Å². The molecule has 0 spiro atoms. The summed E-state index contributed by atoms with van der Waals surface area (Å²) in [5, 5.41) is 10.6. The maximum atomic E-state index is 10.6. The first-order valence-corrected chi connectivity index (χ1v) is 4.50. The van der Waals surface area contributed by atoms with E-state index >= 15 is 0 Å². The van der Waals surface area contributed by atoms with Crippen LogP contribution in [0.25, 0.3) is 11.4 Å². The first-order chi connectivity index (χ1) is 7.66. The Morgan fingerprint density at radius 1 is 1.25 bits per heavy atom. The lowest BCUT2D eigenvalue weighted by Gasteiger charge is -2.00. The topological polar surface area (TPSA) is 94.9 Å². The number of anilines is 1. The van der Waals surface area contributed by atoms with Gasteiger partial charge in [-0.2, -0.15) is 0 Å². The van der Waals surface area contributed by atoms with Gasteiger partial charge in [0.15, 0.2) is 0 Å². The third kappa shape index (κ3) is 1.95. The molecule has 6 nitrogen and oxygen atoms in total. The number of pyridine rings is 2. The van der Waals surface area contributed by atoms with Crippen molar-refractivity contribution in [2.75, 3.05) is 5.73 Å². The number of rotatable bonds is 2. The Bertz CT molecular complexity index is 528. The first kappa shape index (κ1) is 10.0. The van der Waals surface area contributed by atoms with E-state index < -0.39 is 4.92 Å². The molecule has 2 N–H and O–H groups in total. The lowest BCUT2D eigenvalue weighted by atomic mass is 10.2. The molecule has 0 aliphatic heterocycles. The number of nitro groups is 1. The van der Waals surface area contributed by atoms with Gasteiger partial charge in [0, 0.05) is 12.3 Å². The largest absolute Gasteiger partial charge is 0.383 e. The fraction of sp³-hybridized carbons (Fsp3) is 0. The van der Waals surface area contributed by atoms with Crippen molar-refractivity contribution in [1.29, 1.82) is 0 Å². The number of hydrogen-bond acceptors (Lipinski definition) is 5. The molecule has 0 aliphatic carbocycles. The van der Waals surface area contributed by atoms with Crippen molar-refractivity contribution < 1.29 is 4.92 Å². The molecule has 2 rings (SSSR count). The van der Waals surface area contributed by atoms with Crippen LogP contribution in [-0.2, 0) is 0 Å². The van der Waals surface area contributed by atoms with E-state index in [0.717, 1.165) is 0 Å². The molecule has 0 radical (unpaired) electrons. The van der Waals surface area contributed by atoms with Gasteiger partial charge in [-0.3, -0.25) is 15.1 Å². The van der Waals surface area contributed by atoms with Crippen LogP contribution in [-0.4, -0.2) is 14.9 Å². The van der Waals surface area contributed by atoms with Crippen molar-refractivity contribution in [3.63, 3.8) is 0 Å². The van der Waals surface area contributed by atoms with Gasteiger partial charge in [0.05, 0.1) is 22.4 Å². The van der Waals surface area contributed by atoms with Crippen LogP contribution < -0.4 is 5.73 Å². The number of nitrogen functional groups attached to an aromatic ring is 1. The van der Waals surface area contributed by atoms with Crippen LogP contribution in [0.5, 0.6) is 0 Å². The van der Waals surface area contributed by atoms with Gasteiger partial charge in [-0.25, -0.2) is 4.98 Å². The summed E-state index contributed by atoms with van der Waals surface area (Å²) in [7, 11) is 0. The molecule has 0 aliphatic rings. The zero-order valence-electron chi connectivity index (χ0n) is 8.20. The normalized spacial score (nSPS) is 10.0. The van der Waals surface area contributed by atoms with Gasteiger partial charge in [-0.15, -0.1) is 0 Å². The highest BCUT2D eigenvalue weighted by Crippen LogP contribution is 2.22. The molecule has 80 valence electrons. The summed E-state index contributed by atoms with van der Waals surface area (Å²) >= 11 is 0. The molecule has 2 heterocycles. The molecule has 2 aromatic rings. The monoisotopic (exact) mass is 216 g/mol. The Morgan fingerprint density at radius 3 is 2.69 bits per heavy atom. The van der Waals surface area contributed by atoms with Gasteiger partial charge >= 0.3 is 0 Å². The van der Waals surface area contributed by atoms with E-state index in [4.69, 9.17) is 5.73 Å². The van der Waals surface area contributed by atoms with Crippen LogP contribution >= 0.6 is 0 Å². The Hall–Kier alpha value is -2.50. The minimum absolute atomic E-state index is 0.0897. The highest BCUT2D eigenvalue weighted by molar-refractivity contribution is 5.61. The predicted octanol–water partition coefficient (Wildman–Crippen LogP) is 1.63. The molecule has 16 heavy (non-hydrogen) atoms. The van der Waals surface area contributed by atoms with E-state index in [1.165, 1.54) is 12.1 Å². The smallest absolute Gasteiger partial charge is 0.275 e. The van der Waals surface area contributed by atoms with Crippen molar-refractivity contribution in [1.82, 2.24) is 9.97 Å². The number of nitrogens with two attached hydrogens (primary N) is 1. The van der Waals surface area contributed by atoms with Gasteiger partial charge < -0.3 is 5.73 Å². The van der Waals surface area contributed by atoms with E-state index in [0.29, 0.717) is 11.4 Å². The first-order valence-electron chi connectivity index (χ1n) is 4.50. The minimum atomic E-state index is -0.509. The average Bonchev–Trinajstić information content (AvgIpc) is 2.29. The molecular weight excluding hydrogens is 208 g/mol. The van der Waals surface area contributed by atoms with Crippen LogP contribution in [0.3, 0.4) is 0 Å². The lowest BCUT2D eigenvalue weighted by molar-refractivity contribution is -0.384. The SMILES string of the molecule is Nc1cc([N+](=O)[O-])cc(-c2ccccn2)n1. The Kier molecular flexibility index (Phi) is 2.47. The number of nitrogens with zero attached hydrogens (tertiary/aromatic N) is 3. The van der Waals surface area contributed by atoms with Crippen molar-refractivity contribution in [3.05, 3.63) is 46.6 Å². The molecule has 0 atom stereocenters. The van der Waals surface area contributed by atoms with Crippen molar-refractivity contribution in [3.8, 4) is 11.4 Å². The van der Waals surface area contributed by atoms with Crippen molar-refractivity contribution in [2.45, 2.75) is 0 Å². The van der Waals surface area contributed by atoms with Crippen LogP contribution in [0.2, 0.25) is 0 Å². The maximum Gasteiger partial charge on any atom is 0.275 e. The molecule has 2 aromatic heterocycles. The molecule has 0 bridgehead atoms. The lowest BCUT2D eigenvalue weighted by Crippen LogP contribution is -1.97. The summed E-state index contributed by atoms with van der Waals surface area (Å²) in [5.74, 6) is 0.106. The van der Waals surface area contributed by atoms with E-state index in [1.54, 1.807) is 24.4 Å². The Balaban J connectivity index is 2.54. The average molecular weight is 216 g/mol. The summed E-state index contributed by atoms with van der Waals surface area (Å²) in [6.45, 7) is 0. The van der Waals surface area contributed by atoms with E-state index in [1.807, 2.05) is 0 Å². The van der Waals surface area contributed by atoms with Gasteiger partial charge in [0.25, 0.3) is 5.69 Å². The molecule has 0 saturated heterocycles. The summed E-state index contributed by atoms with van der Waals surface area (Å²) < 4.78 is 0. The van der Waals surface area contributed by atoms with Crippen molar-refractivity contribution >= 4 is 11.5 Å². The van der Waals surface area contributed by atoms with Gasteiger partial charge in [-0.1, -0.05) is 6.07 Å². The summed E-state index contributed by atoms with van der Waals surface area (Å²) in [5.41, 5.74) is 6.35.